The van der Waals surface area contributed by atoms with E-state index in [0.717, 1.165) is 29.0 Å². The van der Waals surface area contributed by atoms with Crippen LogP contribution < -0.4 is 5.32 Å². The van der Waals surface area contributed by atoms with Gasteiger partial charge in [0, 0.05) is 16.5 Å². The number of thiophene rings is 1. The topological polar surface area (TPSA) is 95.1 Å². The van der Waals surface area contributed by atoms with Gasteiger partial charge in [-0.25, -0.2) is 4.79 Å². The monoisotopic (exact) mass is 319 g/mol. The minimum absolute atomic E-state index is 0.191. The van der Waals surface area contributed by atoms with Crippen LogP contribution in [0.15, 0.2) is 6.07 Å². The summed E-state index contributed by atoms with van der Waals surface area (Å²) in [5.74, 6) is -0.911. The maximum absolute atomic E-state index is 12.3. The molecule has 0 aromatic carbocycles. The molecule has 116 valence electrons. The Kier molecular flexibility index (Phi) is 3.74. The number of hydrogen-bond acceptors (Lipinski definition) is 4. The summed E-state index contributed by atoms with van der Waals surface area (Å²) in [6.07, 6.45) is 2.86. The Balaban J connectivity index is 1.85. The first kappa shape index (κ1) is 14.8. The molecular formula is C15H17N3O3S. The third kappa shape index (κ3) is 2.64. The lowest BCUT2D eigenvalue weighted by molar-refractivity contribution is 0.0697. The largest absolute Gasteiger partial charge is 0.478 e. The zero-order chi connectivity index (χ0) is 15.9. The third-order valence-corrected chi connectivity index (χ3v) is 4.91. The molecule has 2 aromatic heterocycles. The van der Waals surface area contributed by atoms with Crippen molar-refractivity contribution in [2.45, 2.75) is 39.0 Å². The van der Waals surface area contributed by atoms with Crippen LogP contribution in [0.2, 0.25) is 0 Å². The Morgan fingerprint density at radius 3 is 2.82 bits per heavy atom. The molecule has 1 aliphatic rings. The van der Waals surface area contributed by atoms with E-state index < -0.39 is 5.97 Å². The SMILES string of the molecule is CCc1c(C)sc(NC(=O)c2cc(C3CC3)[nH]n2)c1C(=O)O. The number of carboxylic acids is 1. The van der Waals surface area contributed by atoms with Crippen molar-refractivity contribution in [3.05, 3.63) is 33.5 Å². The van der Waals surface area contributed by atoms with Gasteiger partial charge < -0.3 is 10.4 Å². The second kappa shape index (κ2) is 5.57. The van der Waals surface area contributed by atoms with E-state index in [1.165, 1.54) is 11.3 Å². The zero-order valence-electron chi connectivity index (χ0n) is 12.4. The van der Waals surface area contributed by atoms with Crippen LogP contribution in [0.3, 0.4) is 0 Å². The smallest absolute Gasteiger partial charge is 0.339 e. The number of rotatable bonds is 5. The van der Waals surface area contributed by atoms with Gasteiger partial charge in [0.05, 0.1) is 5.56 Å². The van der Waals surface area contributed by atoms with Crippen LogP contribution in [-0.4, -0.2) is 27.2 Å². The van der Waals surface area contributed by atoms with Gasteiger partial charge in [0.2, 0.25) is 0 Å². The highest BCUT2D eigenvalue weighted by Crippen LogP contribution is 2.39. The number of aromatic amines is 1. The molecule has 6 nitrogen and oxygen atoms in total. The summed E-state index contributed by atoms with van der Waals surface area (Å²) in [7, 11) is 0. The predicted molar refractivity (Wildman–Crippen MR) is 83.9 cm³/mol. The van der Waals surface area contributed by atoms with Crippen molar-refractivity contribution in [3.63, 3.8) is 0 Å². The molecule has 1 saturated carbocycles. The van der Waals surface area contributed by atoms with Crippen molar-refractivity contribution in [3.8, 4) is 0 Å². The summed E-state index contributed by atoms with van der Waals surface area (Å²) >= 11 is 1.29. The third-order valence-electron chi connectivity index (χ3n) is 3.85. The maximum Gasteiger partial charge on any atom is 0.339 e. The molecule has 7 heteroatoms. The van der Waals surface area contributed by atoms with Crippen LogP contribution in [0.5, 0.6) is 0 Å². The fourth-order valence-corrected chi connectivity index (χ4v) is 3.67. The molecule has 2 heterocycles. The van der Waals surface area contributed by atoms with Gasteiger partial charge in [-0.2, -0.15) is 5.10 Å². The molecule has 0 aliphatic heterocycles. The van der Waals surface area contributed by atoms with Gasteiger partial charge in [-0.3, -0.25) is 9.89 Å². The van der Waals surface area contributed by atoms with E-state index in [4.69, 9.17) is 0 Å². The number of carboxylic acid groups (broad SMARTS) is 1. The highest BCUT2D eigenvalue weighted by molar-refractivity contribution is 7.16. The number of anilines is 1. The number of carbonyl (C=O) groups excluding carboxylic acids is 1. The first-order chi connectivity index (χ1) is 10.5. The van der Waals surface area contributed by atoms with Crippen molar-refractivity contribution in [2.24, 2.45) is 0 Å². The van der Waals surface area contributed by atoms with Crippen molar-refractivity contribution in [1.82, 2.24) is 10.2 Å². The number of H-pyrrole nitrogens is 1. The lowest BCUT2D eigenvalue weighted by Gasteiger charge is -2.03. The average molecular weight is 319 g/mol. The summed E-state index contributed by atoms with van der Waals surface area (Å²) in [5.41, 5.74) is 2.23. The molecule has 1 aliphatic carbocycles. The minimum Gasteiger partial charge on any atom is -0.478 e. The molecule has 0 spiro atoms. The normalized spacial score (nSPS) is 14.1. The fourth-order valence-electron chi connectivity index (χ4n) is 2.54. The molecule has 22 heavy (non-hydrogen) atoms. The van der Waals surface area contributed by atoms with Crippen molar-refractivity contribution in [1.29, 1.82) is 0 Å². The molecule has 1 fully saturated rings. The molecule has 2 aromatic rings. The fraction of sp³-hybridized carbons (Fsp3) is 0.400. The molecule has 0 unspecified atom stereocenters. The molecule has 3 N–H and O–H groups in total. The molecule has 0 bridgehead atoms. The van der Waals surface area contributed by atoms with Gasteiger partial charge >= 0.3 is 5.97 Å². The van der Waals surface area contributed by atoms with Crippen LogP contribution in [0.25, 0.3) is 0 Å². The van der Waals surface area contributed by atoms with Gasteiger partial charge in [0.25, 0.3) is 5.91 Å². The van der Waals surface area contributed by atoms with E-state index in [1.807, 2.05) is 13.8 Å². The van der Waals surface area contributed by atoms with Gasteiger partial charge in [-0.1, -0.05) is 6.92 Å². The van der Waals surface area contributed by atoms with Gasteiger partial charge in [-0.05, 0) is 37.8 Å². The molecule has 0 radical (unpaired) electrons. The lowest BCUT2D eigenvalue weighted by Crippen LogP contribution is -2.14. The highest BCUT2D eigenvalue weighted by atomic mass is 32.1. The summed E-state index contributed by atoms with van der Waals surface area (Å²) in [4.78, 5) is 24.7. The Morgan fingerprint density at radius 1 is 1.50 bits per heavy atom. The molecule has 0 saturated heterocycles. The molecular weight excluding hydrogens is 302 g/mol. The lowest BCUT2D eigenvalue weighted by atomic mass is 10.1. The Bertz CT molecular complexity index is 743. The number of amides is 1. The zero-order valence-corrected chi connectivity index (χ0v) is 13.2. The number of aromatic nitrogens is 2. The van der Waals surface area contributed by atoms with E-state index in [1.54, 1.807) is 6.07 Å². The Morgan fingerprint density at radius 2 is 2.23 bits per heavy atom. The van der Waals surface area contributed by atoms with Crippen LogP contribution in [0, 0.1) is 6.92 Å². The summed E-state index contributed by atoms with van der Waals surface area (Å²) in [6.45, 7) is 3.77. The number of nitrogens with one attached hydrogen (secondary N) is 2. The molecule has 1 amide bonds. The number of hydrogen-bond donors (Lipinski definition) is 3. The minimum atomic E-state index is -1.02. The van der Waals surface area contributed by atoms with E-state index in [-0.39, 0.29) is 11.5 Å². The van der Waals surface area contributed by atoms with E-state index >= 15 is 0 Å². The van der Waals surface area contributed by atoms with Crippen molar-refractivity contribution in [2.75, 3.05) is 5.32 Å². The summed E-state index contributed by atoms with van der Waals surface area (Å²) in [5, 5.41) is 19.4. The number of aryl methyl sites for hydroxylation is 1. The molecule has 3 rings (SSSR count). The van der Waals surface area contributed by atoms with Gasteiger partial charge in [-0.15, -0.1) is 11.3 Å². The van der Waals surface area contributed by atoms with Crippen LogP contribution >= 0.6 is 11.3 Å². The van der Waals surface area contributed by atoms with Gasteiger partial charge in [0.1, 0.15) is 5.00 Å². The number of nitrogens with zero attached hydrogens (tertiary/aromatic N) is 1. The van der Waals surface area contributed by atoms with Crippen molar-refractivity contribution >= 4 is 28.2 Å². The first-order valence-electron chi connectivity index (χ1n) is 7.23. The van der Waals surface area contributed by atoms with E-state index in [9.17, 15) is 14.7 Å². The average Bonchev–Trinajstić information content (AvgIpc) is 3.10. The predicted octanol–water partition coefficient (Wildman–Crippen LogP) is 3.17. The summed E-state index contributed by atoms with van der Waals surface area (Å²) in [6, 6.07) is 1.74. The number of carbonyl (C=O) groups is 2. The van der Waals surface area contributed by atoms with Crippen molar-refractivity contribution < 1.29 is 14.7 Å². The first-order valence-corrected chi connectivity index (χ1v) is 8.05. The van der Waals surface area contributed by atoms with E-state index in [2.05, 4.69) is 15.5 Å². The number of aromatic carboxylic acids is 1. The Labute approximate surface area is 131 Å². The van der Waals surface area contributed by atoms with Crippen LogP contribution in [0.1, 0.15) is 62.7 Å². The molecule has 0 atom stereocenters. The highest BCUT2D eigenvalue weighted by Gasteiger charge is 2.27. The maximum atomic E-state index is 12.3. The van der Waals surface area contributed by atoms with Crippen LogP contribution in [0.4, 0.5) is 5.00 Å². The van der Waals surface area contributed by atoms with Crippen LogP contribution in [-0.2, 0) is 6.42 Å². The summed E-state index contributed by atoms with van der Waals surface area (Å²) < 4.78 is 0. The second-order valence-electron chi connectivity index (χ2n) is 5.44. The van der Waals surface area contributed by atoms with E-state index in [0.29, 0.717) is 23.0 Å². The Hall–Kier alpha value is -2.15. The van der Waals surface area contributed by atoms with Gasteiger partial charge in [0.15, 0.2) is 5.69 Å². The second-order valence-corrected chi connectivity index (χ2v) is 6.66. The quantitative estimate of drug-likeness (QED) is 0.789. The standard InChI is InChI=1S/C15H17N3O3S/c1-3-9-7(2)22-14(12(9)15(20)21)16-13(19)11-6-10(17-18-11)8-4-5-8/h6,8H,3-5H2,1-2H3,(H,16,19)(H,17,18)(H,20,21).